The number of benzene rings is 1. The van der Waals surface area contributed by atoms with Crippen LogP contribution >= 0.6 is 0 Å². The summed E-state index contributed by atoms with van der Waals surface area (Å²) in [6.07, 6.45) is -0.846. The summed E-state index contributed by atoms with van der Waals surface area (Å²) in [7, 11) is 0. The Morgan fingerprint density at radius 2 is 2.16 bits per heavy atom. The van der Waals surface area contributed by atoms with E-state index in [2.05, 4.69) is 0 Å². The molecule has 1 aromatic rings. The summed E-state index contributed by atoms with van der Waals surface area (Å²) in [6, 6.07) is 2.97. The van der Waals surface area contributed by atoms with Crippen molar-refractivity contribution in [2.24, 2.45) is 0 Å². The molecule has 0 aliphatic carbocycles. The highest BCUT2D eigenvalue weighted by molar-refractivity contribution is 5.78. The highest BCUT2D eigenvalue weighted by atomic mass is 16.5. The van der Waals surface area contributed by atoms with Gasteiger partial charge in [0.1, 0.15) is 0 Å². The number of ether oxygens (including phenoxy) is 3. The minimum Gasteiger partial charge on any atom is -0.504 e. The molecule has 1 aliphatic rings. The third-order valence-corrected chi connectivity index (χ3v) is 2.72. The Morgan fingerprint density at radius 3 is 2.89 bits per heavy atom. The fourth-order valence-corrected chi connectivity index (χ4v) is 1.81. The van der Waals surface area contributed by atoms with Gasteiger partial charge in [-0.3, -0.25) is 0 Å². The van der Waals surface area contributed by atoms with Gasteiger partial charge in [0, 0.05) is 12.0 Å². The van der Waals surface area contributed by atoms with E-state index in [0.29, 0.717) is 25.4 Å². The van der Waals surface area contributed by atoms with E-state index in [9.17, 15) is 15.0 Å². The molecule has 0 saturated carbocycles. The highest BCUT2D eigenvalue weighted by Gasteiger charge is 2.26. The van der Waals surface area contributed by atoms with Crippen LogP contribution in [0.4, 0.5) is 0 Å². The van der Waals surface area contributed by atoms with Gasteiger partial charge < -0.3 is 24.4 Å². The van der Waals surface area contributed by atoms with E-state index in [0.717, 1.165) is 0 Å². The summed E-state index contributed by atoms with van der Waals surface area (Å²) in [5, 5.41) is 19.9. The van der Waals surface area contributed by atoms with Crippen molar-refractivity contribution in [1.29, 1.82) is 0 Å². The van der Waals surface area contributed by atoms with E-state index in [-0.39, 0.29) is 23.7 Å². The van der Waals surface area contributed by atoms with Gasteiger partial charge in [-0.2, -0.15) is 0 Å². The zero-order valence-corrected chi connectivity index (χ0v) is 10.6. The van der Waals surface area contributed by atoms with E-state index >= 15 is 0 Å². The lowest BCUT2D eigenvalue weighted by Crippen LogP contribution is -2.15. The molecule has 104 valence electrons. The predicted molar refractivity (Wildman–Crippen MR) is 65.3 cm³/mol. The fraction of sp³-hybridized carbons (Fsp3) is 0.462. The van der Waals surface area contributed by atoms with E-state index in [4.69, 9.17) is 14.2 Å². The molecule has 0 radical (unpaired) electrons. The molecule has 1 atom stereocenters. The molecule has 1 unspecified atom stereocenters. The lowest BCUT2D eigenvalue weighted by Gasteiger charge is -2.15. The SMILES string of the molecule is CCOC(=O)C(O)c1ccc2c(c1O)OCCCO2. The second-order valence-electron chi connectivity index (χ2n) is 4.04. The number of hydrogen-bond donors (Lipinski definition) is 2. The van der Waals surface area contributed by atoms with Crippen LogP contribution in [0.25, 0.3) is 0 Å². The number of carbonyl (C=O) groups is 1. The number of rotatable bonds is 3. The Bertz CT molecular complexity index is 470. The average molecular weight is 268 g/mol. The number of esters is 1. The lowest BCUT2D eigenvalue weighted by molar-refractivity contribution is -0.153. The Hall–Kier alpha value is -1.95. The molecule has 0 fully saturated rings. The molecule has 19 heavy (non-hydrogen) atoms. The van der Waals surface area contributed by atoms with E-state index in [1.807, 2.05) is 0 Å². The highest BCUT2D eigenvalue weighted by Crippen LogP contribution is 2.42. The van der Waals surface area contributed by atoms with Crippen molar-refractivity contribution in [1.82, 2.24) is 0 Å². The van der Waals surface area contributed by atoms with Gasteiger partial charge >= 0.3 is 5.97 Å². The van der Waals surface area contributed by atoms with Gasteiger partial charge in [-0.05, 0) is 19.1 Å². The van der Waals surface area contributed by atoms with Crippen molar-refractivity contribution in [3.63, 3.8) is 0 Å². The smallest absolute Gasteiger partial charge is 0.339 e. The maximum atomic E-state index is 11.5. The summed E-state index contributed by atoms with van der Waals surface area (Å²) in [6.45, 7) is 2.69. The lowest BCUT2D eigenvalue weighted by atomic mass is 10.1. The number of aliphatic hydroxyl groups is 1. The van der Waals surface area contributed by atoms with Crippen molar-refractivity contribution in [2.75, 3.05) is 19.8 Å². The molecule has 6 heteroatoms. The van der Waals surface area contributed by atoms with Crippen LogP contribution in [0.3, 0.4) is 0 Å². The summed E-state index contributed by atoms with van der Waals surface area (Å²) in [4.78, 5) is 11.5. The van der Waals surface area contributed by atoms with E-state index < -0.39 is 12.1 Å². The molecule has 0 saturated heterocycles. The second kappa shape index (κ2) is 5.79. The molecule has 1 heterocycles. The van der Waals surface area contributed by atoms with Gasteiger partial charge in [-0.15, -0.1) is 0 Å². The van der Waals surface area contributed by atoms with Crippen molar-refractivity contribution in [3.8, 4) is 17.2 Å². The van der Waals surface area contributed by atoms with Crippen molar-refractivity contribution in [2.45, 2.75) is 19.4 Å². The van der Waals surface area contributed by atoms with E-state index in [1.165, 1.54) is 6.07 Å². The van der Waals surface area contributed by atoms with Crippen LogP contribution in [0.15, 0.2) is 12.1 Å². The van der Waals surface area contributed by atoms with E-state index in [1.54, 1.807) is 13.0 Å². The predicted octanol–water partition coefficient (Wildman–Crippen LogP) is 1.15. The molecule has 6 nitrogen and oxygen atoms in total. The van der Waals surface area contributed by atoms with Gasteiger partial charge in [0.15, 0.2) is 17.6 Å². The molecule has 1 aliphatic heterocycles. The molecule has 2 rings (SSSR count). The molecule has 1 aromatic carbocycles. The molecule has 0 bridgehead atoms. The van der Waals surface area contributed by atoms with Gasteiger partial charge in [-0.1, -0.05) is 0 Å². The molecular formula is C13H16O6. The van der Waals surface area contributed by atoms with Crippen molar-refractivity contribution in [3.05, 3.63) is 17.7 Å². The summed E-state index contributed by atoms with van der Waals surface area (Å²) in [5.41, 5.74) is 0.0442. The van der Waals surface area contributed by atoms with Crippen LogP contribution in [0.5, 0.6) is 17.2 Å². The van der Waals surface area contributed by atoms with Crippen LogP contribution in [-0.4, -0.2) is 36.0 Å². The Morgan fingerprint density at radius 1 is 1.42 bits per heavy atom. The number of carbonyl (C=O) groups excluding carboxylic acids is 1. The van der Waals surface area contributed by atoms with Gasteiger partial charge in [0.05, 0.1) is 19.8 Å². The number of aliphatic hydroxyl groups excluding tert-OH is 1. The molecule has 2 N–H and O–H groups in total. The third kappa shape index (κ3) is 2.73. The first-order valence-electron chi connectivity index (χ1n) is 6.11. The minimum absolute atomic E-state index is 0.0442. The first-order chi connectivity index (χ1) is 9.15. The van der Waals surface area contributed by atoms with Crippen LogP contribution in [0.2, 0.25) is 0 Å². The zero-order valence-electron chi connectivity index (χ0n) is 10.6. The zero-order chi connectivity index (χ0) is 13.8. The van der Waals surface area contributed by atoms with Gasteiger partial charge in [-0.25, -0.2) is 4.79 Å². The quantitative estimate of drug-likeness (QED) is 0.800. The molecule has 0 spiro atoms. The number of hydrogen-bond acceptors (Lipinski definition) is 6. The summed E-state index contributed by atoms with van der Waals surface area (Å²) >= 11 is 0. The monoisotopic (exact) mass is 268 g/mol. The van der Waals surface area contributed by atoms with Crippen molar-refractivity contribution < 1.29 is 29.2 Å². The minimum atomic E-state index is -1.54. The van der Waals surface area contributed by atoms with Crippen LogP contribution in [0, 0.1) is 0 Å². The van der Waals surface area contributed by atoms with Gasteiger partial charge in [0.25, 0.3) is 0 Å². The Labute approximate surface area is 110 Å². The first-order valence-corrected chi connectivity index (χ1v) is 6.11. The normalized spacial score (nSPS) is 15.5. The van der Waals surface area contributed by atoms with Crippen LogP contribution in [0.1, 0.15) is 25.0 Å². The maximum absolute atomic E-state index is 11.5. The Balaban J connectivity index is 2.32. The standard InChI is InChI=1S/C13H16O6/c1-2-17-13(16)11(15)8-4-5-9-12(10(8)14)19-7-3-6-18-9/h4-5,11,14-15H,2-3,6-7H2,1H3. The fourth-order valence-electron chi connectivity index (χ4n) is 1.81. The topological polar surface area (TPSA) is 85.2 Å². The van der Waals surface area contributed by atoms with Crippen LogP contribution < -0.4 is 9.47 Å². The molecular weight excluding hydrogens is 252 g/mol. The number of fused-ring (bicyclic) bond motifs is 1. The number of aromatic hydroxyl groups is 1. The summed E-state index contributed by atoms with van der Waals surface area (Å²) < 4.78 is 15.5. The first kappa shape index (κ1) is 13.5. The number of phenols is 1. The second-order valence-corrected chi connectivity index (χ2v) is 4.04. The largest absolute Gasteiger partial charge is 0.504 e. The maximum Gasteiger partial charge on any atom is 0.339 e. The molecule has 0 aromatic heterocycles. The Kier molecular flexibility index (Phi) is 4.11. The molecule has 0 amide bonds. The average Bonchev–Trinajstić information content (AvgIpc) is 2.64. The number of phenolic OH excluding ortho intramolecular Hbond substituents is 1. The van der Waals surface area contributed by atoms with Crippen LogP contribution in [-0.2, 0) is 9.53 Å². The van der Waals surface area contributed by atoms with Crippen molar-refractivity contribution >= 4 is 5.97 Å². The summed E-state index contributed by atoms with van der Waals surface area (Å²) in [5.74, 6) is -0.555. The van der Waals surface area contributed by atoms with Gasteiger partial charge in [0.2, 0.25) is 5.75 Å². The third-order valence-electron chi connectivity index (χ3n) is 2.72.